The maximum Gasteiger partial charge on any atom is 0.128 e. The van der Waals surface area contributed by atoms with Gasteiger partial charge in [0.1, 0.15) is 5.60 Å². The Labute approximate surface area is 158 Å². The summed E-state index contributed by atoms with van der Waals surface area (Å²) in [5.41, 5.74) is -0.445. The van der Waals surface area contributed by atoms with Gasteiger partial charge in [-0.05, 0) is 25.7 Å². The molecule has 0 amide bonds. The monoisotopic (exact) mass is 382 g/mol. The first-order valence-corrected chi connectivity index (χ1v) is 8.53. The van der Waals surface area contributed by atoms with Crippen LogP contribution < -0.4 is 0 Å². The van der Waals surface area contributed by atoms with Crippen LogP contribution in [0.5, 0.6) is 0 Å². The molecule has 2 aliphatic rings. The summed E-state index contributed by atoms with van der Waals surface area (Å²) in [7, 11) is 0. The van der Waals surface area contributed by atoms with E-state index in [1.807, 2.05) is 0 Å². The predicted octanol–water partition coefficient (Wildman–Crippen LogP) is 1.15. The summed E-state index contributed by atoms with van der Waals surface area (Å²) < 4.78 is 5.93. The summed E-state index contributed by atoms with van der Waals surface area (Å²) >= 11 is 0. The second-order valence-electron chi connectivity index (χ2n) is 6.53. The van der Waals surface area contributed by atoms with Gasteiger partial charge >= 0.3 is 0 Å². The maximum absolute atomic E-state index is 10.2. The highest BCUT2D eigenvalue weighted by Crippen LogP contribution is 2.31. The highest BCUT2D eigenvalue weighted by molar-refractivity contribution is 5.85. The molecule has 24 heavy (non-hydrogen) atoms. The summed E-state index contributed by atoms with van der Waals surface area (Å²) in [6.07, 6.45) is 10.5. The number of nitrogens with zero attached hydrogens (tertiary/aromatic N) is 2. The van der Waals surface area contributed by atoms with Crippen LogP contribution >= 0.6 is 24.8 Å². The molecule has 0 bridgehead atoms. The van der Waals surface area contributed by atoms with Crippen molar-refractivity contribution < 1.29 is 14.9 Å². The zero-order valence-electron chi connectivity index (χ0n) is 14.4. The van der Waals surface area contributed by atoms with Gasteiger partial charge in [0, 0.05) is 39.3 Å². The van der Waals surface area contributed by atoms with Crippen molar-refractivity contribution in [3.63, 3.8) is 0 Å². The molecule has 1 saturated heterocycles. The number of β-amino-alcohol motifs (C(OH)–C–C–N with tert-alkyl or cyclic N) is 2. The molecule has 1 atom stereocenters. The highest BCUT2D eigenvalue weighted by atomic mass is 35.5. The number of hydrogen-bond donors (Lipinski definition) is 2. The van der Waals surface area contributed by atoms with Crippen LogP contribution in [-0.2, 0) is 4.74 Å². The van der Waals surface area contributed by atoms with Crippen molar-refractivity contribution in [2.24, 2.45) is 0 Å². The Balaban J connectivity index is 0.00000264. The Bertz CT molecular complexity index is 365. The van der Waals surface area contributed by atoms with Crippen LogP contribution in [-0.4, -0.2) is 84.2 Å². The summed E-state index contributed by atoms with van der Waals surface area (Å²) in [5.74, 6) is 2.82. The molecule has 1 heterocycles. The number of terminal acetylenes is 1. The minimum absolute atomic E-state index is 0. The van der Waals surface area contributed by atoms with Crippen molar-refractivity contribution >= 4 is 24.8 Å². The van der Waals surface area contributed by atoms with E-state index in [1.54, 1.807) is 0 Å². The van der Waals surface area contributed by atoms with Crippen molar-refractivity contribution in [3.05, 3.63) is 0 Å². The van der Waals surface area contributed by atoms with Gasteiger partial charge in [-0.15, -0.1) is 31.2 Å². The maximum atomic E-state index is 10.2. The van der Waals surface area contributed by atoms with Gasteiger partial charge in [0.05, 0.1) is 19.3 Å². The number of ether oxygens (including phenoxy) is 1. The minimum atomic E-state index is -0.489. The van der Waals surface area contributed by atoms with Gasteiger partial charge in [-0.1, -0.05) is 12.3 Å². The molecule has 2 fully saturated rings. The Hall–Kier alpha value is -0.0600. The van der Waals surface area contributed by atoms with E-state index in [4.69, 9.17) is 16.3 Å². The van der Waals surface area contributed by atoms with Crippen molar-refractivity contribution in [1.29, 1.82) is 0 Å². The lowest BCUT2D eigenvalue weighted by Crippen LogP contribution is -2.50. The molecule has 5 nitrogen and oxygen atoms in total. The van der Waals surface area contributed by atoms with Crippen molar-refractivity contribution in [3.8, 4) is 12.3 Å². The van der Waals surface area contributed by atoms with Crippen molar-refractivity contribution in [2.45, 2.75) is 43.8 Å². The third-order valence-corrected chi connectivity index (χ3v) is 4.83. The molecule has 0 spiro atoms. The molecule has 0 aromatic rings. The van der Waals surface area contributed by atoms with E-state index in [-0.39, 0.29) is 31.4 Å². The fourth-order valence-electron chi connectivity index (χ4n) is 3.40. The molecular weight excluding hydrogens is 351 g/mol. The lowest BCUT2D eigenvalue weighted by Gasteiger charge is -2.36. The van der Waals surface area contributed by atoms with E-state index in [1.165, 1.54) is 6.42 Å². The Morgan fingerprint density at radius 1 is 1.04 bits per heavy atom. The summed E-state index contributed by atoms with van der Waals surface area (Å²) in [5, 5.41) is 19.2. The van der Waals surface area contributed by atoms with Crippen LogP contribution in [0.3, 0.4) is 0 Å². The van der Waals surface area contributed by atoms with Crippen LogP contribution in [0, 0.1) is 12.3 Å². The topological polar surface area (TPSA) is 56.2 Å². The zero-order valence-corrected chi connectivity index (χ0v) is 16.0. The molecule has 1 unspecified atom stereocenters. The lowest BCUT2D eigenvalue weighted by molar-refractivity contribution is -0.0716. The number of hydrogen-bond acceptors (Lipinski definition) is 5. The van der Waals surface area contributed by atoms with Gasteiger partial charge < -0.3 is 14.9 Å². The number of piperazine rings is 1. The molecule has 2 rings (SSSR count). The summed E-state index contributed by atoms with van der Waals surface area (Å²) in [6, 6.07) is 0. The van der Waals surface area contributed by atoms with E-state index in [9.17, 15) is 5.11 Å². The van der Waals surface area contributed by atoms with Crippen molar-refractivity contribution in [2.75, 3.05) is 52.5 Å². The van der Waals surface area contributed by atoms with E-state index in [0.29, 0.717) is 13.2 Å². The SMILES string of the molecule is C#CC1(OCC(O)CN2CCN(CCO)CC2)CCCCC1.Cl.Cl. The molecule has 0 radical (unpaired) electrons. The van der Waals surface area contributed by atoms with Crippen LogP contribution in [0.25, 0.3) is 0 Å². The predicted molar refractivity (Wildman–Crippen MR) is 101 cm³/mol. The Morgan fingerprint density at radius 2 is 1.62 bits per heavy atom. The number of aliphatic hydroxyl groups is 2. The van der Waals surface area contributed by atoms with Gasteiger partial charge in [0.25, 0.3) is 0 Å². The van der Waals surface area contributed by atoms with E-state index < -0.39 is 11.7 Å². The average Bonchev–Trinajstić information content (AvgIpc) is 2.56. The lowest BCUT2D eigenvalue weighted by atomic mass is 9.85. The zero-order chi connectivity index (χ0) is 15.8. The largest absolute Gasteiger partial charge is 0.395 e. The molecule has 7 heteroatoms. The van der Waals surface area contributed by atoms with Crippen LogP contribution in [0.1, 0.15) is 32.1 Å². The van der Waals surface area contributed by atoms with Crippen LogP contribution in [0.4, 0.5) is 0 Å². The van der Waals surface area contributed by atoms with E-state index in [2.05, 4.69) is 15.7 Å². The second-order valence-corrected chi connectivity index (χ2v) is 6.53. The van der Waals surface area contributed by atoms with Gasteiger partial charge in [0.15, 0.2) is 0 Å². The molecule has 1 aliphatic heterocycles. The minimum Gasteiger partial charge on any atom is -0.395 e. The van der Waals surface area contributed by atoms with E-state index >= 15 is 0 Å². The van der Waals surface area contributed by atoms with Gasteiger partial charge in [0.2, 0.25) is 0 Å². The Morgan fingerprint density at radius 3 is 2.17 bits per heavy atom. The van der Waals surface area contributed by atoms with E-state index in [0.717, 1.165) is 58.4 Å². The standard InChI is InChI=1S/C17H30N2O3.2ClH/c1-2-17(6-4-3-5-7-17)22-15-16(21)14-19-10-8-18(9-11-19)12-13-20;;/h1,16,20-21H,3-15H2;2*1H. The highest BCUT2D eigenvalue weighted by Gasteiger charge is 2.31. The smallest absolute Gasteiger partial charge is 0.128 e. The van der Waals surface area contributed by atoms with Gasteiger partial charge in [-0.2, -0.15) is 0 Å². The first-order valence-electron chi connectivity index (χ1n) is 8.53. The number of rotatable bonds is 7. The van der Waals surface area contributed by atoms with Gasteiger partial charge in [-0.3, -0.25) is 9.80 Å². The fourth-order valence-corrected chi connectivity index (χ4v) is 3.40. The van der Waals surface area contributed by atoms with Crippen LogP contribution in [0.15, 0.2) is 0 Å². The first kappa shape index (κ1) is 23.9. The summed E-state index contributed by atoms with van der Waals surface area (Å²) in [4.78, 5) is 4.50. The van der Waals surface area contributed by atoms with Crippen molar-refractivity contribution in [1.82, 2.24) is 9.80 Å². The molecule has 2 N–H and O–H groups in total. The number of halogens is 2. The third-order valence-electron chi connectivity index (χ3n) is 4.83. The van der Waals surface area contributed by atoms with Gasteiger partial charge in [-0.25, -0.2) is 0 Å². The normalized spacial score (nSPS) is 22.7. The first-order chi connectivity index (χ1) is 10.7. The molecule has 142 valence electrons. The fraction of sp³-hybridized carbons (Fsp3) is 0.882. The number of aliphatic hydroxyl groups excluding tert-OH is 2. The molecule has 0 aromatic heterocycles. The molecule has 1 aliphatic carbocycles. The van der Waals surface area contributed by atoms with Crippen LogP contribution in [0.2, 0.25) is 0 Å². The molecule has 0 aromatic carbocycles. The third kappa shape index (κ3) is 7.45. The molecule has 1 saturated carbocycles. The average molecular weight is 383 g/mol. The quantitative estimate of drug-likeness (QED) is 0.646. The summed E-state index contributed by atoms with van der Waals surface area (Å²) in [6.45, 7) is 5.66. The molecular formula is C17H32Cl2N2O3. The Kier molecular flexibility index (Phi) is 12.3. The second kappa shape index (κ2) is 12.3.